The molecule has 0 radical (unpaired) electrons. The molecule has 2 amide bonds. The lowest BCUT2D eigenvalue weighted by atomic mass is 10.2. The minimum absolute atomic E-state index is 0.227. The average molecular weight is 281 g/mol. The van der Waals surface area contributed by atoms with Crippen molar-refractivity contribution in [2.24, 2.45) is 0 Å². The van der Waals surface area contributed by atoms with E-state index in [9.17, 15) is 9.59 Å². The zero-order valence-electron chi connectivity index (χ0n) is 11.4. The van der Waals surface area contributed by atoms with Crippen molar-refractivity contribution < 1.29 is 9.59 Å². The Morgan fingerprint density at radius 2 is 1.84 bits per heavy atom. The molecule has 0 heterocycles. The van der Waals surface area contributed by atoms with E-state index in [-0.39, 0.29) is 18.4 Å². The fraction of sp³-hybridized carbons (Fsp3) is 0.385. The maximum absolute atomic E-state index is 11.5. The Bertz CT molecular complexity index is 434. The van der Waals surface area contributed by atoms with E-state index in [1.54, 1.807) is 11.8 Å². The van der Waals surface area contributed by atoms with Gasteiger partial charge in [-0.2, -0.15) is 0 Å². The molecule has 0 aromatic heterocycles. The fourth-order valence-electron chi connectivity index (χ4n) is 1.54. The summed E-state index contributed by atoms with van der Waals surface area (Å²) in [5.41, 5.74) is 5.74. The van der Waals surface area contributed by atoms with Crippen LogP contribution in [0.4, 0.5) is 0 Å². The van der Waals surface area contributed by atoms with E-state index in [0.717, 1.165) is 5.56 Å². The molecule has 2 N–H and O–H groups in total. The van der Waals surface area contributed by atoms with E-state index < -0.39 is 0 Å². The molecule has 0 unspecified atom stereocenters. The third kappa shape index (κ3) is 6.26. The number of amides is 2. The average Bonchev–Trinajstić information content (AvgIpc) is 2.37. The summed E-state index contributed by atoms with van der Waals surface area (Å²) in [7, 11) is 1.86. The number of thioether (sulfide) groups is 1. The Kier molecular flexibility index (Phi) is 6.38. The molecule has 0 aliphatic heterocycles. The lowest BCUT2D eigenvalue weighted by molar-refractivity contribution is -0.128. The van der Waals surface area contributed by atoms with Crippen LogP contribution in [-0.2, 0) is 16.1 Å². The normalized spacial score (nSPS) is 10.3. The van der Waals surface area contributed by atoms with Crippen LogP contribution >= 0.6 is 11.8 Å². The second kappa shape index (κ2) is 7.81. The zero-order chi connectivity index (χ0) is 14.3. The topological polar surface area (TPSA) is 61.4 Å². The van der Waals surface area contributed by atoms with Crippen LogP contribution < -0.4 is 10.9 Å². The molecule has 1 aromatic rings. The molecule has 104 valence electrons. The highest BCUT2D eigenvalue weighted by atomic mass is 32.2. The summed E-state index contributed by atoms with van der Waals surface area (Å²) in [4.78, 5) is 25.2. The van der Waals surface area contributed by atoms with Gasteiger partial charge in [-0.25, -0.2) is 0 Å². The molecule has 0 saturated carbocycles. The molecule has 0 saturated heterocycles. The highest BCUT2D eigenvalue weighted by molar-refractivity contribution is 7.98. The molecule has 6 heteroatoms. The van der Waals surface area contributed by atoms with Crippen molar-refractivity contribution in [1.82, 2.24) is 15.8 Å². The standard InChI is InChI=1S/C13H19N3O2S/c1-10(17)14-15-13(18)9-16(2)8-11-4-6-12(19-3)7-5-11/h4-7H,8-9H2,1-3H3,(H,14,17)(H,15,18). The summed E-state index contributed by atoms with van der Waals surface area (Å²) < 4.78 is 0. The molecular formula is C13H19N3O2S. The van der Waals surface area contributed by atoms with Gasteiger partial charge in [0, 0.05) is 18.4 Å². The van der Waals surface area contributed by atoms with Crippen LogP contribution in [0, 0.1) is 0 Å². The predicted molar refractivity (Wildman–Crippen MR) is 76.5 cm³/mol. The molecule has 5 nitrogen and oxygen atoms in total. The minimum Gasteiger partial charge on any atom is -0.293 e. The summed E-state index contributed by atoms with van der Waals surface area (Å²) in [5, 5.41) is 0. The summed E-state index contributed by atoms with van der Waals surface area (Å²) in [6, 6.07) is 8.22. The first kappa shape index (κ1) is 15.5. The van der Waals surface area contributed by atoms with Crippen molar-refractivity contribution in [3.63, 3.8) is 0 Å². The Hall–Kier alpha value is -1.53. The number of likely N-dealkylation sites (N-methyl/N-ethyl adjacent to an activating group) is 1. The van der Waals surface area contributed by atoms with Gasteiger partial charge in [0.05, 0.1) is 6.54 Å². The van der Waals surface area contributed by atoms with Gasteiger partial charge >= 0.3 is 0 Å². The van der Waals surface area contributed by atoms with Crippen molar-refractivity contribution in [3.05, 3.63) is 29.8 Å². The van der Waals surface area contributed by atoms with Crippen LogP contribution in [0.2, 0.25) is 0 Å². The second-order valence-corrected chi connectivity index (χ2v) is 5.13. The van der Waals surface area contributed by atoms with Gasteiger partial charge in [-0.1, -0.05) is 12.1 Å². The molecular weight excluding hydrogens is 262 g/mol. The van der Waals surface area contributed by atoms with Gasteiger partial charge in [0.2, 0.25) is 5.91 Å². The van der Waals surface area contributed by atoms with Crippen molar-refractivity contribution in [3.8, 4) is 0 Å². The number of nitrogens with zero attached hydrogens (tertiary/aromatic N) is 1. The van der Waals surface area contributed by atoms with Crippen LogP contribution in [-0.4, -0.2) is 36.6 Å². The summed E-state index contributed by atoms with van der Waals surface area (Å²) in [6.45, 7) is 2.25. The van der Waals surface area contributed by atoms with Gasteiger partial charge in [0.1, 0.15) is 0 Å². The minimum atomic E-state index is -0.288. The zero-order valence-corrected chi connectivity index (χ0v) is 12.2. The number of benzene rings is 1. The second-order valence-electron chi connectivity index (χ2n) is 4.25. The Labute approximate surface area is 117 Å². The quantitative estimate of drug-likeness (QED) is 0.624. The number of carbonyl (C=O) groups is 2. The SMILES string of the molecule is CSc1ccc(CN(C)CC(=O)NNC(C)=O)cc1. The molecule has 0 aliphatic carbocycles. The molecule has 1 aromatic carbocycles. The summed E-state index contributed by atoms with van der Waals surface area (Å²) in [5.74, 6) is -0.526. The Balaban J connectivity index is 2.39. The van der Waals surface area contributed by atoms with E-state index in [1.165, 1.54) is 11.8 Å². The molecule has 0 bridgehead atoms. The number of rotatable bonds is 5. The number of hydrogen-bond donors (Lipinski definition) is 2. The van der Waals surface area contributed by atoms with Gasteiger partial charge < -0.3 is 0 Å². The van der Waals surface area contributed by atoms with Gasteiger partial charge in [-0.15, -0.1) is 11.8 Å². The van der Waals surface area contributed by atoms with Crippen molar-refractivity contribution in [1.29, 1.82) is 0 Å². The third-order valence-electron chi connectivity index (χ3n) is 2.40. The largest absolute Gasteiger partial charge is 0.293 e. The molecule has 0 spiro atoms. The van der Waals surface area contributed by atoms with Gasteiger partial charge in [-0.3, -0.25) is 25.3 Å². The predicted octanol–water partition coefficient (Wildman–Crippen LogP) is 1.01. The van der Waals surface area contributed by atoms with Crippen LogP contribution in [0.25, 0.3) is 0 Å². The fourth-order valence-corrected chi connectivity index (χ4v) is 1.95. The highest BCUT2D eigenvalue weighted by Gasteiger charge is 2.07. The molecule has 19 heavy (non-hydrogen) atoms. The maximum atomic E-state index is 11.5. The molecule has 1 rings (SSSR count). The number of hydrogen-bond acceptors (Lipinski definition) is 4. The van der Waals surface area contributed by atoms with Gasteiger partial charge in [0.25, 0.3) is 5.91 Å². The van der Waals surface area contributed by atoms with E-state index >= 15 is 0 Å². The lowest BCUT2D eigenvalue weighted by Gasteiger charge is -2.16. The summed E-state index contributed by atoms with van der Waals surface area (Å²) >= 11 is 1.70. The maximum Gasteiger partial charge on any atom is 0.252 e. The first-order valence-corrected chi connectivity index (χ1v) is 7.10. The van der Waals surface area contributed by atoms with E-state index in [2.05, 4.69) is 23.0 Å². The first-order chi connectivity index (χ1) is 9.01. The van der Waals surface area contributed by atoms with Gasteiger partial charge in [-0.05, 0) is 31.0 Å². The van der Waals surface area contributed by atoms with Crippen molar-refractivity contribution >= 4 is 23.6 Å². The van der Waals surface area contributed by atoms with E-state index in [1.807, 2.05) is 30.3 Å². The van der Waals surface area contributed by atoms with Crippen molar-refractivity contribution in [2.45, 2.75) is 18.4 Å². The summed E-state index contributed by atoms with van der Waals surface area (Å²) in [6.07, 6.45) is 2.04. The lowest BCUT2D eigenvalue weighted by Crippen LogP contribution is -2.44. The van der Waals surface area contributed by atoms with Crippen LogP contribution in [0.1, 0.15) is 12.5 Å². The van der Waals surface area contributed by atoms with Crippen molar-refractivity contribution in [2.75, 3.05) is 19.8 Å². The van der Waals surface area contributed by atoms with Crippen LogP contribution in [0.15, 0.2) is 29.2 Å². The van der Waals surface area contributed by atoms with Gasteiger partial charge in [0.15, 0.2) is 0 Å². The smallest absolute Gasteiger partial charge is 0.252 e. The van der Waals surface area contributed by atoms with Crippen LogP contribution in [0.5, 0.6) is 0 Å². The number of hydrazine groups is 1. The monoisotopic (exact) mass is 281 g/mol. The Morgan fingerprint density at radius 3 is 2.37 bits per heavy atom. The number of nitrogens with one attached hydrogen (secondary N) is 2. The van der Waals surface area contributed by atoms with E-state index in [4.69, 9.17) is 0 Å². The number of carbonyl (C=O) groups excluding carboxylic acids is 2. The van der Waals surface area contributed by atoms with E-state index in [0.29, 0.717) is 6.54 Å². The highest BCUT2D eigenvalue weighted by Crippen LogP contribution is 2.15. The van der Waals surface area contributed by atoms with Crippen LogP contribution in [0.3, 0.4) is 0 Å². The molecule has 0 fully saturated rings. The molecule has 0 aliphatic rings. The molecule has 0 atom stereocenters. The third-order valence-corrected chi connectivity index (χ3v) is 3.15. The first-order valence-electron chi connectivity index (χ1n) is 5.88. The Morgan fingerprint density at radius 1 is 1.21 bits per heavy atom.